The third-order valence-electron chi connectivity index (χ3n) is 10.4. The smallest absolute Gasteiger partial charge is 0.255 e. The molecule has 8 rings (SSSR count). The minimum absolute atomic E-state index is 0.111. The lowest BCUT2D eigenvalue weighted by atomic mass is 9.51. The molecule has 1 atom stereocenters. The van der Waals surface area contributed by atoms with Crippen LogP contribution >= 0.6 is 11.8 Å². The summed E-state index contributed by atoms with van der Waals surface area (Å²) < 4.78 is 0. The summed E-state index contributed by atoms with van der Waals surface area (Å²) in [7, 11) is 0. The van der Waals surface area contributed by atoms with Crippen molar-refractivity contribution < 1.29 is 14.4 Å². The van der Waals surface area contributed by atoms with Crippen LogP contribution in [0.2, 0.25) is 0 Å². The number of nitrogens with one attached hydrogen (secondary N) is 1. The number of imide groups is 1. The van der Waals surface area contributed by atoms with Crippen molar-refractivity contribution in [1.82, 2.24) is 10.2 Å². The number of benzene rings is 2. The highest BCUT2D eigenvalue weighted by molar-refractivity contribution is 7.98. The van der Waals surface area contributed by atoms with Crippen LogP contribution in [0.4, 0.5) is 0 Å². The molecule has 5 fully saturated rings. The Morgan fingerprint density at radius 2 is 1.59 bits per heavy atom. The molecule has 1 saturated heterocycles. The number of piperidine rings is 1. The summed E-state index contributed by atoms with van der Waals surface area (Å²) in [6.45, 7) is 0.423. The normalized spacial score (nSPS) is 31.1. The van der Waals surface area contributed by atoms with E-state index in [4.69, 9.17) is 0 Å². The number of thioether (sulfide) groups is 1. The molecule has 204 valence electrons. The Bertz CT molecular complexity index is 1260. The van der Waals surface area contributed by atoms with Gasteiger partial charge in [0.05, 0.1) is 0 Å². The van der Waals surface area contributed by atoms with Crippen molar-refractivity contribution in [2.75, 3.05) is 0 Å². The monoisotopic (exact) mass is 542 g/mol. The number of carbonyl (C=O) groups excluding carboxylic acids is 3. The Morgan fingerprint density at radius 3 is 2.31 bits per heavy atom. The molecule has 39 heavy (non-hydrogen) atoms. The topological polar surface area (TPSA) is 66.5 Å². The van der Waals surface area contributed by atoms with E-state index in [1.54, 1.807) is 16.7 Å². The van der Waals surface area contributed by atoms with Crippen LogP contribution in [-0.2, 0) is 28.3 Å². The van der Waals surface area contributed by atoms with E-state index in [-0.39, 0.29) is 24.1 Å². The van der Waals surface area contributed by atoms with E-state index in [9.17, 15) is 14.4 Å². The molecule has 2 aromatic rings. The Labute approximate surface area is 235 Å². The molecule has 3 amide bonds. The molecule has 0 radical (unpaired) electrons. The minimum atomic E-state index is -0.573. The van der Waals surface area contributed by atoms with Gasteiger partial charge in [0.1, 0.15) is 6.04 Å². The standard InChI is InChI=1S/C33H38N2O3S/c36-31-12-11-29(32(37)34-31)35-18-28-27(33(35)38)5-2-6-30(28)39-19-21-9-7-20(8-10-21)3-1-4-26-24-14-22-13-23(16-24)17-25(26)15-22/h2,5-10,22-26,29H,1,3-4,11-19H2,(H,34,36,37). The highest BCUT2D eigenvalue weighted by Crippen LogP contribution is 2.57. The summed E-state index contributed by atoms with van der Waals surface area (Å²) in [5, 5.41) is 2.38. The van der Waals surface area contributed by atoms with Crippen molar-refractivity contribution >= 4 is 29.5 Å². The minimum Gasteiger partial charge on any atom is -0.322 e. The van der Waals surface area contributed by atoms with Gasteiger partial charge in [-0.05, 0) is 116 Å². The first kappa shape index (κ1) is 25.4. The summed E-state index contributed by atoms with van der Waals surface area (Å²) in [4.78, 5) is 39.8. The quantitative estimate of drug-likeness (QED) is 0.322. The molecule has 1 N–H and O–H groups in total. The van der Waals surface area contributed by atoms with E-state index < -0.39 is 6.04 Å². The zero-order chi connectivity index (χ0) is 26.5. The van der Waals surface area contributed by atoms with Gasteiger partial charge in [0.25, 0.3) is 5.91 Å². The fourth-order valence-corrected chi connectivity index (χ4v) is 9.74. The predicted octanol–water partition coefficient (Wildman–Crippen LogP) is 6.13. The molecule has 0 spiro atoms. The molecule has 0 aromatic heterocycles. The summed E-state index contributed by atoms with van der Waals surface area (Å²) in [5.74, 6) is 5.31. The van der Waals surface area contributed by atoms with E-state index in [0.29, 0.717) is 18.5 Å². The zero-order valence-electron chi connectivity index (χ0n) is 22.6. The SMILES string of the molecule is O=C1CCC(N2Cc3c(SCc4ccc(CCCC5C6CC7CC(C6)CC5C7)cc4)cccc3C2=O)C(=O)N1. The Kier molecular flexibility index (Phi) is 6.78. The second-order valence-corrected chi connectivity index (χ2v) is 13.8. The van der Waals surface area contributed by atoms with Crippen molar-refractivity contribution in [2.24, 2.45) is 29.6 Å². The fraction of sp³-hybridized carbons (Fsp3) is 0.545. The van der Waals surface area contributed by atoms with E-state index in [0.717, 1.165) is 45.8 Å². The van der Waals surface area contributed by atoms with Crippen molar-refractivity contribution in [3.63, 3.8) is 0 Å². The molecule has 2 aliphatic heterocycles. The van der Waals surface area contributed by atoms with Crippen LogP contribution in [0.15, 0.2) is 47.4 Å². The molecular weight excluding hydrogens is 504 g/mol. The Morgan fingerprint density at radius 1 is 0.872 bits per heavy atom. The van der Waals surface area contributed by atoms with E-state index in [2.05, 4.69) is 35.6 Å². The summed E-state index contributed by atoms with van der Waals surface area (Å²) >= 11 is 1.75. The van der Waals surface area contributed by atoms with Gasteiger partial charge in [-0.15, -0.1) is 11.8 Å². The number of aryl methyl sites for hydroxylation is 1. The van der Waals surface area contributed by atoms with Gasteiger partial charge in [-0.1, -0.05) is 30.3 Å². The van der Waals surface area contributed by atoms with E-state index >= 15 is 0 Å². The lowest BCUT2D eigenvalue weighted by molar-refractivity contribution is -0.136. The largest absolute Gasteiger partial charge is 0.322 e. The Hall–Kier alpha value is -2.60. The van der Waals surface area contributed by atoms with Crippen LogP contribution in [0.1, 0.15) is 84.8 Å². The van der Waals surface area contributed by atoms with Crippen LogP contribution in [0.25, 0.3) is 0 Å². The molecule has 6 aliphatic rings. The van der Waals surface area contributed by atoms with Crippen LogP contribution in [0, 0.1) is 29.6 Å². The molecule has 4 aliphatic carbocycles. The van der Waals surface area contributed by atoms with Crippen molar-refractivity contribution in [2.45, 2.75) is 87.4 Å². The second-order valence-electron chi connectivity index (χ2n) is 12.8. The van der Waals surface area contributed by atoms with E-state index in [1.807, 2.05) is 12.1 Å². The zero-order valence-corrected chi connectivity index (χ0v) is 23.4. The van der Waals surface area contributed by atoms with Crippen LogP contribution < -0.4 is 5.32 Å². The summed E-state index contributed by atoms with van der Waals surface area (Å²) in [6, 6.07) is 14.4. The summed E-state index contributed by atoms with van der Waals surface area (Å²) in [6.07, 6.45) is 12.2. The Balaban J connectivity index is 0.929. The van der Waals surface area contributed by atoms with Crippen LogP contribution in [0.3, 0.4) is 0 Å². The van der Waals surface area contributed by atoms with Gasteiger partial charge in [-0.2, -0.15) is 0 Å². The highest BCUT2D eigenvalue weighted by Gasteiger charge is 2.47. The number of rotatable bonds is 8. The number of fused-ring (bicyclic) bond motifs is 1. The van der Waals surface area contributed by atoms with Gasteiger partial charge >= 0.3 is 0 Å². The van der Waals surface area contributed by atoms with Crippen LogP contribution in [0.5, 0.6) is 0 Å². The third kappa shape index (κ3) is 4.94. The van der Waals surface area contributed by atoms with Gasteiger partial charge in [0.15, 0.2) is 0 Å². The first-order valence-corrected chi connectivity index (χ1v) is 16.0. The molecule has 2 heterocycles. The average molecular weight is 543 g/mol. The van der Waals surface area contributed by atoms with Crippen molar-refractivity contribution in [1.29, 1.82) is 0 Å². The molecule has 1 unspecified atom stereocenters. The summed E-state index contributed by atoms with van der Waals surface area (Å²) in [5.41, 5.74) is 4.41. The number of carbonyl (C=O) groups is 3. The molecule has 4 saturated carbocycles. The van der Waals surface area contributed by atoms with Gasteiger partial charge in [0, 0.05) is 29.2 Å². The lowest BCUT2D eigenvalue weighted by Crippen LogP contribution is -2.52. The molecule has 5 nitrogen and oxygen atoms in total. The molecule has 4 bridgehead atoms. The van der Waals surface area contributed by atoms with E-state index in [1.165, 1.54) is 62.5 Å². The predicted molar refractivity (Wildman–Crippen MR) is 152 cm³/mol. The molecular formula is C33H38N2O3S. The second kappa shape index (κ2) is 10.4. The van der Waals surface area contributed by atoms with Gasteiger partial charge in [-0.25, -0.2) is 0 Å². The maximum atomic E-state index is 13.1. The molecule has 2 aromatic carbocycles. The van der Waals surface area contributed by atoms with Gasteiger partial charge in [0.2, 0.25) is 11.8 Å². The number of hydrogen-bond acceptors (Lipinski definition) is 4. The fourth-order valence-electron chi connectivity index (χ4n) is 8.71. The number of amides is 3. The highest BCUT2D eigenvalue weighted by atomic mass is 32.2. The first-order valence-electron chi connectivity index (χ1n) is 15.0. The number of nitrogens with zero attached hydrogens (tertiary/aromatic N) is 1. The lowest BCUT2D eigenvalue weighted by Gasteiger charge is -2.54. The maximum Gasteiger partial charge on any atom is 0.255 e. The third-order valence-corrected chi connectivity index (χ3v) is 11.6. The van der Waals surface area contributed by atoms with Gasteiger partial charge < -0.3 is 4.90 Å². The van der Waals surface area contributed by atoms with Crippen molar-refractivity contribution in [3.05, 3.63) is 64.7 Å². The van der Waals surface area contributed by atoms with Crippen LogP contribution in [-0.4, -0.2) is 28.7 Å². The van der Waals surface area contributed by atoms with Gasteiger partial charge in [-0.3, -0.25) is 19.7 Å². The first-order chi connectivity index (χ1) is 19.0. The molecule has 6 heteroatoms. The number of hydrogen-bond donors (Lipinski definition) is 1. The van der Waals surface area contributed by atoms with Crippen molar-refractivity contribution in [3.8, 4) is 0 Å². The average Bonchev–Trinajstić information content (AvgIpc) is 3.26. The maximum absolute atomic E-state index is 13.1.